The van der Waals surface area contributed by atoms with Crippen LogP contribution in [0.15, 0.2) is 81.0 Å². The smallest absolute Gasteiger partial charge is 0.418 e. The van der Waals surface area contributed by atoms with E-state index >= 15 is 0 Å². The molecule has 7 atom stereocenters. The summed E-state index contributed by atoms with van der Waals surface area (Å²) < 4.78 is 47.3. The molecule has 2 N–H and O–H groups in total. The molecule has 252 valence electrons. The maximum Gasteiger partial charge on any atom is 0.418 e. The first kappa shape index (κ1) is 32.6. The number of carbonyl (C=O) groups excluding carboxylic acids is 3. The number of nitrogens with zero attached hydrogens (tertiary/aromatic N) is 1. The normalized spacial score (nSPS) is 26.8. The highest BCUT2D eigenvalue weighted by atomic mass is 79.9. The Bertz CT molecular complexity index is 2090. The van der Waals surface area contributed by atoms with E-state index in [9.17, 15) is 32.3 Å². The van der Waals surface area contributed by atoms with E-state index in [0.29, 0.717) is 37.9 Å². The molecule has 2 aliphatic carbocycles. The van der Waals surface area contributed by atoms with Crippen molar-refractivity contribution in [1.82, 2.24) is 4.98 Å². The van der Waals surface area contributed by atoms with Gasteiger partial charge in [0, 0.05) is 31.1 Å². The van der Waals surface area contributed by atoms with Gasteiger partial charge in [0.25, 0.3) is 5.91 Å². The number of ether oxygens (including phenoxy) is 1. The van der Waals surface area contributed by atoms with E-state index in [1.807, 2.05) is 6.07 Å². The Hall–Kier alpha value is -3.59. The van der Waals surface area contributed by atoms with E-state index in [2.05, 4.69) is 26.2 Å². The molecule has 0 radical (unpaired) electrons. The van der Waals surface area contributed by atoms with Crippen LogP contribution < -0.4 is 19.8 Å². The van der Waals surface area contributed by atoms with Crippen LogP contribution in [0, 0.1) is 29.6 Å². The number of hydrogen-bond acceptors (Lipinski definition) is 7. The number of halogens is 5. The number of amides is 3. The van der Waals surface area contributed by atoms with Crippen LogP contribution >= 0.6 is 50.6 Å². The van der Waals surface area contributed by atoms with Crippen molar-refractivity contribution >= 4 is 79.7 Å². The van der Waals surface area contributed by atoms with Crippen LogP contribution in [0.25, 0.3) is 0 Å². The van der Waals surface area contributed by atoms with Crippen molar-refractivity contribution in [3.8, 4) is 5.75 Å². The lowest BCUT2D eigenvalue weighted by atomic mass is 9.68. The van der Waals surface area contributed by atoms with Crippen molar-refractivity contribution in [2.45, 2.75) is 28.8 Å². The number of para-hydroxylation sites is 1. The second-order valence-electron chi connectivity index (χ2n) is 12.5. The molecule has 3 aromatic carbocycles. The second kappa shape index (κ2) is 12.0. The topological polar surface area (TPSA) is 109 Å². The number of alkyl halides is 3. The Morgan fingerprint density at radius 2 is 1.73 bits per heavy atom. The Morgan fingerprint density at radius 3 is 2.47 bits per heavy atom. The second-order valence-corrected chi connectivity index (χ2v) is 16.1. The number of rotatable bonds is 6. The van der Waals surface area contributed by atoms with Crippen molar-refractivity contribution in [3.63, 3.8) is 0 Å². The molecule has 15 heteroatoms. The SMILES string of the molecule is O=C(COc1ccc(Br)cc1[C@H]1c2sc(=O)[nH]c2SC2C1[C@H]1C[C@@H]2C2C(=O)N(c3ccc(Cl)cc3)C(=O)C21)Nc1ccccc1C(F)(F)F. The average molecular weight is 791 g/mol. The van der Waals surface area contributed by atoms with Crippen molar-refractivity contribution in [1.29, 1.82) is 0 Å². The van der Waals surface area contributed by atoms with E-state index in [1.54, 1.807) is 48.2 Å². The van der Waals surface area contributed by atoms with E-state index < -0.39 is 42.0 Å². The van der Waals surface area contributed by atoms with Crippen LogP contribution in [-0.2, 0) is 20.6 Å². The summed E-state index contributed by atoms with van der Waals surface area (Å²) in [5.41, 5.74) is -0.214. The summed E-state index contributed by atoms with van der Waals surface area (Å²) in [6, 6.07) is 16.6. The van der Waals surface area contributed by atoms with Crippen LogP contribution in [0.1, 0.15) is 28.3 Å². The Labute approximate surface area is 298 Å². The predicted molar refractivity (Wildman–Crippen MR) is 182 cm³/mol. The molecule has 1 saturated heterocycles. The minimum atomic E-state index is -4.66. The lowest BCUT2D eigenvalue weighted by Gasteiger charge is -2.43. The molecule has 0 spiro atoms. The number of fused-ring (bicyclic) bond motifs is 9. The molecule has 3 fully saturated rings. The van der Waals surface area contributed by atoms with Gasteiger partial charge in [-0.15, -0.1) is 11.8 Å². The molecular formula is C34H24BrClF3N3O5S2. The quantitative estimate of drug-likeness (QED) is 0.195. The number of H-pyrrole nitrogens is 1. The van der Waals surface area contributed by atoms with Gasteiger partial charge in [0.2, 0.25) is 11.8 Å². The summed E-state index contributed by atoms with van der Waals surface area (Å²) in [5, 5.41) is 3.40. The molecular weight excluding hydrogens is 767 g/mol. The third-order valence-electron chi connectivity index (χ3n) is 9.98. The van der Waals surface area contributed by atoms with Crippen LogP contribution in [0.3, 0.4) is 0 Å². The van der Waals surface area contributed by atoms with E-state index in [4.69, 9.17) is 16.3 Å². The van der Waals surface area contributed by atoms with Gasteiger partial charge in [0.05, 0.1) is 33.8 Å². The minimum Gasteiger partial charge on any atom is -0.483 e. The summed E-state index contributed by atoms with van der Waals surface area (Å²) in [7, 11) is 0. The van der Waals surface area contributed by atoms with Crippen LogP contribution in [0.2, 0.25) is 5.02 Å². The number of thiazole rings is 1. The monoisotopic (exact) mass is 789 g/mol. The largest absolute Gasteiger partial charge is 0.483 e. The van der Waals surface area contributed by atoms with Crippen molar-refractivity contribution in [3.05, 3.63) is 102 Å². The van der Waals surface area contributed by atoms with Gasteiger partial charge in [0.1, 0.15) is 5.75 Å². The number of nitrogens with one attached hydrogen (secondary N) is 2. The number of thioether (sulfide) groups is 1. The highest BCUT2D eigenvalue weighted by molar-refractivity contribution is 9.10. The molecule has 4 aliphatic rings. The number of hydrogen-bond donors (Lipinski definition) is 2. The highest BCUT2D eigenvalue weighted by Crippen LogP contribution is 2.69. The number of carbonyl (C=O) groups is 3. The molecule has 49 heavy (non-hydrogen) atoms. The minimum absolute atomic E-state index is 0.0927. The predicted octanol–water partition coefficient (Wildman–Crippen LogP) is 7.57. The fourth-order valence-corrected chi connectivity index (χ4v) is 11.7. The van der Waals surface area contributed by atoms with E-state index in [1.165, 1.54) is 23.1 Å². The average Bonchev–Trinajstić information content (AvgIpc) is 3.79. The third-order valence-corrected chi connectivity index (χ3v) is 13.3. The molecule has 3 amide bonds. The van der Waals surface area contributed by atoms with E-state index in [0.717, 1.165) is 22.3 Å². The molecule has 2 aliphatic heterocycles. The van der Waals surface area contributed by atoms with Crippen LogP contribution in [-0.4, -0.2) is 34.6 Å². The zero-order chi connectivity index (χ0) is 34.4. The number of imide groups is 1. The van der Waals surface area contributed by atoms with E-state index in [-0.39, 0.29) is 45.4 Å². The van der Waals surface area contributed by atoms with Crippen molar-refractivity contribution in [2.24, 2.45) is 29.6 Å². The van der Waals surface area contributed by atoms with Gasteiger partial charge >= 0.3 is 11.0 Å². The molecule has 3 heterocycles. The molecule has 4 unspecified atom stereocenters. The summed E-state index contributed by atoms with van der Waals surface area (Å²) in [4.78, 5) is 58.4. The zero-order valence-electron chi connectivity index (χ0n) is 25.0. The first-order valence-corrected chi connectivity index (χ1v) is 18.2. The third kappa shape index (κ3) is 5.42. The van der Waals surface area contributed by atoms with Gasteiger partial charge in [0.15, 0.2) is 6.61 Å². The van der Waals surface area contributed by atoms with Crippen LogP contribution in [0.4, 0.5) is 24.5 Å². The van der Waals surface area contributed by atoms with Gasteiger partial charge in [-0.2, -0.15) is 13.2 Å². The number of aromatic nitrogens is 1. The maximum absolute atomic E-state index is 14.0. The molecule has 2 saturated carbocycles. The summed E-state index contributed by atoms with van der Waals surface area (Å²) in [5.74, 6) is -2.83. The Balaban J connectivity index is 1.12. The van der Waals surface area contributed by atoms with Crippen molar-refractivity contribution in [2.75, 3.05) is 16.8 Å². The van der Waals surface area contributed by atoms with Gasteiger partial charge in [-0.25, -0.2) is 0 Å². The molecule has 8 nitrogen and oxygen atoms in total. The van der Waals surface area contributed by atoms with Gasteiger partial charge < -0.3 is 15.0 Å². The molecule has 1 aromatic heterocycles. The van der Waals surface area contributed by atoms with Crippen LogP contribution in [0.5, 0.6) is 5.75 Å². The molecule has 4 aromatic rings. The highest BCUT2D eigenvalue weighted by Gasteiger charge is 2.70. The summed E-state index contributed by atoms with van der Waals surface area (Å²) >= 11 is 12.2. The zero-order valence-corrected chi connectivity index (χ0v) is 29.0. The standard InChI is InChI=1S/C34H24BrClF3N3O5S2/c35-14-5-10-22(47-13-23(43)40-21-4-2-1-3-20(21)34(37,38)39)17(11-14)24-25-18-12-19(28(25)48-30-29(24)49-33(46)41-30)27-26(18)31(44)42(32(27)45)16-8-6-15(36)7-9-16/h1-11,18-19,24-28H,12-13H2,(H,40,43)(H,41,46)/t18-,19-,24-,25?,26?,27?,28?/m1/s1. The number of anilines is 2. The Kier molecular flexibility index (Phi) is 8.00. The summed E-state index contributed by atoms with van der Waals surface area (Å²) in [6.45, 7) is -0.577. The lowest BCUT2D eigenvalue weighted by Crippen LogP contribution is -2.42. The number of aromatic amines is 1. The first-order valence-electron chi connectivity index (χ1n) is 15.3. The lowest BCUT2D eigenvalue weighted by molar-refractivity contribution is -0.137. The van der Waals surface area contributed by atoms with Gasteiger partial charge in [-0.05, 0) is 78.8 Å². The summed E-state index contributed by atoms with van der Waals surface area (Å²) in [6.07, 6.45) is -3.99. The first-order chi connectivity index (χ1) is 23.4. The number of benzene rings is 3. The van der Waals surface area contributed by atoms with Gasteiger partial charge in [-0.1, -0.05) is 51.0 Å². The van der Waals surface area contributed by atoms with Crippen molar-refractivity contribution < 1.29 is 32.3 Å². The molecule has 8 rings (SSSR count). The molecule has 2 bridgehead atoms. The van der Waals surface area contributed by atoms with Gasteiger partial charge in [-0.3, -0.25) is 24.1 Å². The maximum atomic E-state index is 14.0. The fourth-order valence-electron chi connectivity index (χ4n) is 8.27. The Morgan fingerprint density at radius 1 is 1.02 bits per heavy atom. The fraction of sp³-hybridized carbons (Fsp3) is 0.294.